The second-order valence-electron chi connectivity index (χ2n) is 6.95. The number of hydrogen-bond donors (Lipinski definition) is 1. The molecule has 1 N–H and O–H groups in total. The number of piperazine rings is 1. The second-order valence-corrected chi connectivity index (χ2v) is 7.35. The van der Waals surface area contributed by atoms with Crippen LogP contribution in [0.4, 0.5) is 17.5 Å². The summed E-state index contributed by atoms with van der Waals surface area (Å²) in [6, 6.07) is 20.4. The van der Waals surface area contributed by atoms with Crippen LogP contribution in [0.15, 0.2) is 60.7 Å². The minimum atomic E-state index is 0.602. The number of aromatic nitrogens is 2. The van der Waals surface area contributed by atoms with Gasteiger partial charge >= 0.3 is 0 Å². The van der Waals surface area contributed by atoms with Crippen molar-refractivity contribution in [1.29, 1.82) is 0 Å². The molecule has 0 radical (unpaired) electrons. The predicted molar refractivity (Wildman–Crippen MR) is 116 cm³/mol. The summed E-state index contributed by atoms with van der Waals surface area (Å²) in [6.45, 7) is 6.45. The molecule has 1 aromatic heterocycles. The smallest absolute Gasteiger partial charge is 0.225 e. The summed E-state index contributed by atoms with van der Waals surface area (Å²) in [5.74, 6) is 1.61. The van der Waals surface area contributed by atoms with Gasteiger partial charge in [-0.25, -0.2) is 4.98 Å². The third-order valence-corrected chi connectivity index (χ3v) is 5.33. The van der Waals surface area contributed by atoms with Gasteiger partial charge in [0, 0.05) is 55.2 Å². The molecular formula is C22H24ClN5. The zero-order valence-corrected chi connectivity index (χ0v) is 16.7. The third kappa shape index (κ3) is 4.37. The van der Waals surface area contributed by atoms with E-state index in [1.54, 1.807) is 0 Å². The summed E-state index contributed by atoms with van der Waals surface area (Å²) in [6.07, 6.45) is 0. The summed E-state index contributed by atoms with van der Waals surface area (Å²) >= 11 is 6.25. The fourth-order valence-corrected chi connectivity index (χ4v) is 3.64. The average Bonchev–Trinajstić information content (AvgIpc) is 2.74. The van der Waals surface area contributed by atoms with Gasteiger partial charge in [-0.05, 0) is 30.7 Å². The third-order valence-electron chi connectivity index (χ3n) is 4.96. The fraction of sp³-hybridized carbons (Fsp3) is 0.273. The van der Waals surface area contributed by atoms with E-state index in [9.17, 15) is 0 Å². The highest BCUT2D eigenvalue weighted by Gasteiger charge is 2.19. The first kappa shape index (κ1) is 18.6. The van der Waals surface area contributed by atoms with E-state index in [-0.39, 0.29) is 0 Å². The summed E-state index contributed by atoms with van der Waals surface area (Å²) in [5.41, 5.74) is 3.27. The zero-order valence-electron chi connectivity index (χ0n) is 16.0. The van der Waals surface area contributed by atoms with Crippen LogP contribution >= 0.6 is 11.6 Å². The maximum atomic E-state index is 6.25. The van der Waals surface area contributed by atoms with Gasteiger partial charge in [-0.15, -0.1) is 0 Å². The van der Waals surface area contributed by atoms with Crippen molar-refractivity contribution in [3.8, 4) is 0 Å². The van der Waals surface area contributed by atoms with Crippen LogP contribution in [0, 0.1) is 6.92 Å². The lowest BCUT2D eigenvalue weighted by atomic mass is 10.2. The van der Waals surface area contributed by atoms with Gasteiger partial charge < -0.3 is 15.1 Å². The normalized spacial score (nSPS) is 14.2. The van der Waals surface area contributed by atoms with Crippen LogP contribution in [0.25, 0.3) is 0 Å². The molecule has 0 unspecified atom stereocenters. The fourth-order valence-electron chi connectivity index (χ4n) is 3.44. The number of benzene rings is 2. The van der Waals surface area contributed by atoms with E-state index < -0.39 is 0 Å². The Labute approximate surface area is 171 Å². The minimum Gasteiger partial charge on any atom is -0.368 e. The van der Waals surface area contributed by atoms with Gasteiger partial charge in [-0.3, -0.25) is 0 Å². The van der Waals surface area contributed by atoms with Crippen molar-refractivity contribution in [1.82, 2.24) is 9.97 Å². The van der Waals surface area contributed by atoms with Gasteiger partial charge in [0.05, 0.1) is 0 Å². The maximum Gasteiger partial charge on any atom is 0.225 e. The molecule has 6 heteroatoms. The van der Waals surface area contributed by atoms with E-state index >= 15 is 0 Å². The quantitative estimate of drug-likeness (QED) is 0.697. The van der Waals surface area contributed by atoms with E-state index in [2.05, 4.69) is 56.5 Å². The van der Waals surface area contributed by atoms with E-state index in [4.69, 9.17) is 16.6 Å². The predicted octanol–water partition coefficient (Wildman–Crippen LogP) is 4.38. The monoisotopic (exact) mass is 393 g/mol. The van der Waals surface area contributed by atoms with Crippen molar-refractivity contribution in [3.63, 3.8) is 0 Å². The molecule has 0 saturated carbocycles. The molecule has 2 heterocycles. The number of anilines is 3. The Morgan fingerprint density at radius 2 is 1.57 bits per heavy atom. The number of halogens is 1. The van der Waals surface area contributed by atoms with Gasteiger partial charge in [0.15, 0.2) is 0 Å². The van der Waals surface area contributed by atoms with Crippen LogP contribution in [0.1, 0.15) is 11.3 Å². The molecule has 4 rings (SSSR count). The van der Waals surface area contributed by atoms with Gasteiger partial charge in [-0.2, -0.15) is 4.98 Å². The zero-order chi connectivity index (χ0) is 19.3. The number of para-hydroxylation sites is 1. The molecule has 0 amide bonds. The van der Waals surface area contributed by atoms with E-state index in [1.807, 2.05) is 31.2 Å². The van der Waals surface area contributed by atoms with Crippen molar-refractivity contribution in [2.75, 3.05) is 41.3 Å². The Balaban J connectivity index is 1.42. The Morgan fingerprint density at radius 1 is 0.893 bits per heavy atom. The highest BCUT2D eigenvalue weighted by molar-refractivity contribution is 6.31. The van der Waals surface area contributed by atoms with Gasteiger partial charge in [0.25, 0.3) is 0 Å². The van der Waals surface area contributed by atoms with Crippen molar-refractivity contribution in [2.24, 2.45) is 0 Å². The Hall–Kier alpha value is -2.79. The summed E-state index contributed by atoms with van der Waals surface area (Å²) < 4.78 is 0. The molecule has 1 aliphatic heterocycles. The lowest BCUT2D eigenvalue weighted by molar-refractivity contribution is 0.646. The second kappa shape index (κ2) is 8.48. The lowest BCUT2D eigenvalue weighted by Crippen LogP contribution is -2.46. The van der Waals surface area contributed by atoms with Crippen molar-refractivity contribution < 1.29 is 0 Å². The SMILES string of the molecule is Cc1cc(N2CCN(c3ccccc3)CC2)nc(NCc2ccccc2Cl)n1. The van der Waals surface area contributed by atoms with Crippen molar-refractivity contribution in [3.05, 3.63) is 76.9 Å². The van der Waals surface area contributed by atoms with Crippen LogP contribution in [0.3, 0.4) is 0 Å². The highest BCUT2D eigenvalue weighted by atomic mass is 35.5. The van der Waals surface area contributed by atoms with Crippen LogP contribution in [0.2, 0.25) is 5.02 Å². The molecule has 1 saturated heterocycles. The number of aryl methyl sites for hydroxylation is 1. The Morgan fingerprint density at radius 3 is 2.32 bits per heavy atom. The molecular weight excluding hydrogens is 370 g/mol. The minimum absolute atomic E-state index is 0.602. The molecule has 1 fully saturated rings. The van der Waals surface area contributed by atoms with E-state index in [0.29, 0.717) is 12.5 Å². The average molecular weight is 394 g/mol. The molecule has 1 aliphatic rings. The highest BCUT2D eigenvalue weighted by Crippen LogP contribution is 2.21. The van der Waals surface area contributed by atoms with Crippen molar-refractivity contribution >= 4 is 29.1 Å². The lowest BCUT2D eigenvalue weighted by Gasteiger charge is -2.36. The Bertz CT molecular complexity index is 923. The molecule has 144 valence electrons. The number of hydrogen-bond acceptors (Lipinski definition) is 5. The van der Waals surface area contributed by atoms with Gasteiger partial charge in [0.1, 0.15) is 5.82 Å². The Kier molecular flexibility index (Phi) is 5.63. The van der Waals surface area contributed by atoms with Crippen LogP contribution in [0.5, 0.6) is 0 Å². The first-order valence-electron chi connectivity index (χ1n) is 9.57. The largest absolute Gasteiger partial charge is 0.368 e. The molecule has 5 nitrogen and oxygen atoms in total. The molecule has 28 heavy (non-hydrogen) atoms. The molecule has 0 aliphatic carbocycles. The molecule has 0 bridgehead atoms. The summed E-state index contributed by atoms with van der Waals surface area (Å²) in [7, 11) is 0. The van der Waals surface area contributed by atoms with Crippen LogP contribution < -0.4 is 15.1 Å². The van der Waals surface area contributed by atoms with Crippen LogP contribution in [-0.2, 0) is 6.54 Å². The molecule has 3 aromatic rings. The topological polar surface area (TPSA) is 44.3 Å². The molecule has 0 atom stereocenters. The van der Waals surface area contributed by atoms with Gasteiger partial charge in [-0.1, -0.05) is 48.0 Å². The number of rotatable bonds is 5. The summed E-state index contributed by atoms with van der Waals surface area (Å²) in [5, 5.41) is 4.06. The maximum absolute atomic E-state index is 6.25. The van der Waals surface area contributed by atoms with Crippen LogP contribution in [-0.4, -0.2) is 36.1 Å². The van der Waals surface area contributed by atoms with Crippen molar-refractivity contribution in [2.45, 2.75) is 13.5 Å². The number of nitrogens with zero attached hydrogens (tertiary/aromatic N) is 4. The van der Waals surface area contributed by atoms with E-state index in [1.165, 1.54) is 5.69 Å². The van der Waals surface area contributed by atoms with E-state index in [0.717, 1.165) is 48.3 Å². The molecule has 2 aromatic carbocycles. The first-order chi connectivity index (χ1) is 13.7. The van der Waals surface area contributed by atoms with Gasteiger partial charge in [0.2, 0.25) is 5.95 Å². The number of nitrogens with one attached hydrogen (secondary N) is 1. The first-order valence-corrected chi connectivity index (χ1v) is 9.95. The molecule has 0 spiro atoms. The summed E-state index contributed by atoms with van der Waals surface area (Å²) in [4.78, 5) is 14.0. The standard InChI is InChI=1S/C22H24ClN5/c1-17-15-21(26-22(25-17)24-16-18-7-5-6-10-20(18)23)28-13-11-27(12-14-28)19-8-3-2-4-9-19/h2-10,15H,11-14,16H2,1H3,(H,24,25,26).